The van der Waals surface area contributed by atoms with Crippen molar-refractivity contribution in [2.45, 2.75) is 13.8 Å². The molecule has 2 aromatic heterocycles. The van der Waals surface area contributed by atoms with Gasteiger partial charge < -0.3 is 0 Å². The lowest BCUT2D eigenvalue weighted by atomic mass is 10.1. The van der Waals surface area contributed by atoms with Gasteiger partial charge >= 0.3 is 0 Å². The zero-order chi connectivity index (χ0) is 14.1. The van der Waals surface area contributed by atoms with Gasteiger partial charge in [-0.2, -0.15) is 4.98 Å². The molecule has 3 aromatic rings. The number of nitrogens with zero attached hydrogens (tertiary/aromatic N) is 2. The van der Waals surface area contributed by atoms with Crippen molar-refractivity contribution in [3.63, 3.8) is 0 Å². The second-order valence-corrected chi connectivity index (χ2v) is 5.10. The molecule has 0 unspecified atom stereocenters. The number of hydrogen-bond donors (Lipinski definition) is 2. The molecular weight excluding hydrogens is 268 g/mol. The maximum absolute atomic E-state index is 4.97. The molecule has 2 N–H and O–H groups in total. The molecule has 0 radical (unpaired) electrons. The lowest BCUT2D eigenvalue weighted by Gasteiger charge is -2.06. The van der Waals surface area contributed by atoms with Crippen LogP contribution in [0, 0.1) is 18.6 Å². The van der Waals surface area contributed by atoms with E-state index < -0.39 is 0 Å². The number of aryl methyl sites for hydroxylation is 2. The fraction of sp³-hybridized carbons (Fsp3) is 0.133. The van der Waals surface area contributed by atoms with E-state index in [1.165, 1.54) is 5.56 Å². The Kier molecular flexibility index (Phi) is 3.20. The van der Waals surface area contributed by atoms with E-state index in [4.69, 9.17) is 12.2 Å². The van der Waals surface area contributed by atoms with Gasteiger partial charge in [0.15, 0.2) is 5.82 Å². The quantitative estimate of drug-likeness (QED) is 0.703. The molecule has 2 heterocycles. The van der Waals surface area contributed by atoms with E-state index in [-0.39, 0.29) is 0 Å². The molecule has 0 fully saturated rings. The van der Waals surface area contributed by atoms with Gasteiger partial charge in [-0.05, 0) is 38.2 Å². The summed E-state index contributed by atoms with van der Waals surface area (Å²) >= 11 is 4.97. The third-order valence-corrected chi connectivity index (χ3v) is 3.38. The Bertz CT molecular complexity index is 799. The molecular formula is C15H14N4S. The van der Waals surface area contributed by atoms with Gasteiger partial charge in [0.1, 0.15) is 0 Å². The van der Waals surface area contributed by atoms with Gasteiger partial charge in [-0.3, -0.25) is 15.2 Å². The summed E-state index contributed by atoms with van der Waals surface area (Å²) in [5.41, 5.74) is 5.18. The smallest absolute Gasteiger partial charge is 0.213 e. The third-order valence-electron chi connectivity index (χ3n) is 3.19. The van der Waals surface area contributed by atoms with Crippen LogP contribution in [0.25, 0.3) is 22.6 Å². The number of rotatable bonds is 2. The van der Waals surface area contributed by atoms with Crippen molar-refractivity contribution in [3.8, 4) is 22.6 Å². The van der Waals surface area contributed by atoms with Gasteiger partial charge in [0, 0.05) is 16.8 Å². The van der Waals surface area contributed by atoms with Crippen molar-refractivity contribution < 1.29 is 0 Å². The molecule has 20 heavy (non-hydrogen) atoms. The molecule has 0 aliphatic heterocycles. The van der Waals surface area contributed by atoms with E-state index in [1.54, 1.807) is 0 Å². The minimum absolute atomic E-state index is 0.446. The Morgan fingerprint density at radius 1 is 0.900 bits per heavy atom. The summed E-state index contributed by atoms with van der Waals surface area (Å²) < 4.78 is 0.446. The maximum atomic E-state index is 4.97. The molecule has 0 amide bonds. The molecule has 0 saturated heterocycles. The first-order valence-electron chi connectivity index (χ1n) is 6.33. The molecule has 1 aromatic carbocycles. The Morgan fingerprint density at radius 2 is 1.65 bits per heavy atom. The Labute approximate surface area is 121 Å². The highest BCUT2D eigenvalue weighted by Gasteiger charge is 2.08. The summed E-state index contributed by atoms with van der Waals surface area (Å²) in [6.07, 6.45) is 0. The van der Waals surface area contributed by atoms with Gasteiger partial charge in [0.05, 0.1) is 5.69 Å². The van der Waals surface area contributed by atoms with Gasteiger partial charge in [0.2, 0.25) is 4.77 Å². The van der Waals surface area contributed by atoms with E-state index in [1.807, 2.05) is 19.1 Å². The van der Waals surface area contributed by atoms with Crippen molar-refractivity contribution in [2.24, 2.45) is 0 Å². The summed E-state index contributed by atoms with van der Waals surface area (Å²) in [5, 5.41) is 5.75. The average molecular weight is 282 g/mol. The number of nitrogens with one attached hydrogen (secondary N) is 2. The molecule has 0 spiro atoms. The largest absolute Gasteiger partial charge is 0.282 e. The van der Waals surface area contributed by atoms with Crippen molar-refractivity contribution in [1.82, 2.24) is 20.2 Å². The van der Waals surface area contributed by atoms with E-state index in [9.17, 15) is 0 Å². The van der Waals surface area contributed by atoms with E-state index in [0.717, 1.165) is 28.3 Å². The number of hydrogen-bond acceptors (Lipinski definition) is 3. The van der Waals surface area contributed by atoms with Crippen LogP contribution < -0.4 is 0 Å². The van der Waals surface area contributed by atoms with Crippen LogP contribution in [0.4, 0.5) is 0 Å². The van der Waals surface area contributed by atoms with E-state index >= 15 is 0 Å². The highest BCUT2D eigenvalue weighted by atomic mass is 32.1. The Hall–Kier alpha value is -2.27. The molecule has 0 atom stereocenters. The maximum Gasteiger partial charge on any atom is 0.213 e. The predicted octanol–water partition coefficient (Wildman–Crippen LogP) is 3.81. The van der Waals surface area contributed by atoms with Crippen LogP contribution in [-0.2, 0) is 0 Å². The van der Waals surface area contributed by atoms with Crippen molar-refractivity contribution >= 4 is 12.2 Å². The second-order valence-electron chi connectivity index (χ2n) is 4.71. The van der Waals surface area contributed by atoms with Crippen LogP contribution in [0.15, 0.2) is 36.4 Å². The monoisotopic (exact) mass is 282 g/mol. The first-order chi connectivity index (χ1) is 9.63. The van der Waals surface area contributed by atoms with Crippen LogP contribution in [0.1, 0.15) is 11.3 Å². The SMILES string of the molecule is Cc1ccc(-c2ccc(-c3nc(=S)[nH][nH]3)c(C)n2)cc1. The fourth-order valence-electron chi connectivity index (χ4n) is 2.09. The first-order valence-corrected chi connectivity index (χ1v) is 6.74. The summed E-state index contributed by atoms with van der Waals surface area (Å²) in [5.74, 6) is 0.718. The molecule has 0 aliphatic rings. The zero-order valence-electron chi connectivity index (χ0n) is 11.3. The van der Waals surface area contributed by atoms with Crippen molar-refractivity contribution in [1.29, 1.82) is 0 Å². The first kappa shape index (κ1) is 12.7. The highest BCUT2D eigenvalue weighted by molar-refractivity contribution is 7.71. The normalized spacial score (nSPS) is 10.7. The van der Waals surface area contributed by atoms with Crippen LogP contribution in [0.2, 0.25) is 0 Å². The highest BCUT2D eigenvalue weighted by Crippen LogP contribution is 2.23. The third kappa shape index (κ3) is 2.40. The summed E-state index contributed by atoms with van der Waals surface area (Å²) in [6.45, 7) is 4.05. The Morgan fingerprint density at radius 3 is 2.25 bits per heavy atom. The Balaban J connectivity index is 2.03. The lowest BCUT2D eigenvalue weighted by molar-refractivity contribution is 1.08. The molecule has 0 bridgehead atoms. The number of aromatic amines is 2. The molecule has 0 aliphatic carbocycles. The number of H-pyrrole nitrogens is 2. The average Bonchev–Trinajstić information content (AvgIpc) is 2.86. The van der Waals surface area contributed by atoms with Crippen molar-refractivity contribution in [3.05, 3.63) is 52.4 Å². The minimum Gasteiger partial charge on any atom is -0.282 e. The molecule has 3 rings (SSSR count). The summed E-state index contributed by atoms with van der Waals surface area (Å²) in [6, 6.07) is 12.4. The number of benzene rings is 1. The standard InChI is InChI=1S/C15H14N4S/c1-9-3-5-11(6-4-9)13-8-7-12(10(2)16-13)14-17-15(20)19-18-14/h3-8H,1-2H3,(H2,17,18,19,20). The van der Waals surface area contributed by atoms with Gasteiger partial charge in [-0.25, -0.2) is 0 Å². The minimum atomic E-state index is 0.446. The number of aromatic nitrogens is 4. The van der Waals surface area contributed by atoms with E-state index in [0.29, 0.717) is 4.77 Å². The van der Waals surface area contributed by atoms with Crippen molar-refractivity contribution in [2.75, 3.05) is 0 Å². The lowest BCUT2D eigenvalue weighted by Crippen LogP contribution is -1.92. The topological polar surface area (TPSA) is 57.4 Å². The summed E-state index contributed by atoms with van der Waals surface area (Å²) in [4.78, 5) is 8.87. The number of pyridine rings is 1. The van der Waals surface area contributed by atoms with Crippen LogP contribution in [-0.4, -0.2) is 20.2 Å². The predicted molar refractivity (Wildman–Crippen MR) is 81.9 cm³/mol. The van der Waals surface area contributed by atoms with Gasteiger partial charge in [-0.15, -0.1) is 0 Å². The summed E-state index contributed by atoms with van der Waals surface area (Å²) in [7, 11) is 0. The van der Waals surface area contributed by atoms with Gasteiger partial charge in [-0.1, -0.05) is 29.8 Å². The second kappa shape index (κ2) is 5.02. The zero-order valence-corrected chi connectivity index (χ0v) is 12.1. The molecule has 4 nitrogen and oxygen atoms in total. The van der Waals surface area contributed by atoms with Crippen LogP contribution >= 0.6 is 12.2 Å². The van der Waals surface area contributed by atoms with Gasteiger partial charge in [0.25, 0.3) is 0 Å². The molecule has 100 valence electrons. The van der Waals surface area contributed by atoms with Crippen LogP contribution in [0.3, 0.4) is 0 Å². The molecule has 0 saturated carbocycles. The molecule has 5 heteroatoms. The van der Waals surface area contributed by atoms with E-state index in [2.05, 4.69) is 51.4 Å². The fourth-order valence-corrected chi connectivity index (χ4v) is 2.24. The van der Waals surface area contributed by atoms with Crippen LogP contribution in [0.5, 0.6) is 0 Å².